The normalized spacial score (nSPS) is 8.89. The van der Waals surface area contributed by atoms with E-state index >= 15 is 0 Å². The first-order chi connectivity index (χ1) is 4.33. The van der Waals surface area contributed by atoms with Gasteiger partial charge in [-0.25, -0.2) is 4.98 Å². The van der Waals surface area contributed by atoms with Gasteiger partial charge in [-0.1, -0.05) is 6.07 Å². The molecule has 1 heterocycles. The number of rotatable bonds is 1. The van der Waals surface area contributed by atoms with Crippen molar-refractivity contribution in [2.24, 2.45) is 0 Å². The minimum Gasteiger partial charge on any atom is -0.493 e. The molecule has 0 saturated carbocycles. The molecular formula is C6H4NO2. The van der Waals surface area contributed by atoms with Crippen LogP contribution in [0, 0.1) is 0 Å². The third kappa shape index (κ3) is 1.25. The van der Waals surface area contributed by atoms with Gasteiger partial charge in [0.05, 0.1) is 0 Å². The fourth-order valence-corrected chi connectivity index (χ4v) is 0.480. The first-order valence-electron chi connectivity index (χ1n) is 2.37. The molecule has 1 N–H and O–H groups in total. The molecule has 1 aromatic heterocycles. The molecule has 0 fully saturated rings. The van der Waals surface area contributed by atoms with Crippen LogP contribution >= 0.6 is 0 Å². The zero-order valence-electron chi connectivity index (χ0n) is 4.53. The van der Waals surface area contributed by atoms with Crippen LogP contribution in [0.3, 0.4) is 0 Å². The molecule has 9 heavy (non-hydrogen) atoms. The van der Waals surface area contributed by atoms with Crippen LogP contribution in [0.4, 0.5) is 0 Å². The highest BCUT2D eigenvalue weighted by Crippen LogP contribution is 2.01. The molecule has 1 radical (unpaired) electrons. The number of nitrogens with zero attached hydrogens (tertiary/aromatic N) is 1. The Kier molecular flexibility index (Phi) is 1.44. The fourth-order valence-electron chi connectivity index (χ4n) is 0.480. The van der Waals surface area contributed by atoms with E-state index in [0.717, 1.165) is 0 Å². The predicted octanol–water partition coefficient (Wildman–Crippen LogP) is 0.245. The van der Waals surface area contributed by atoms with E-state index in [1.54, 1.807) is 6.29 Å². The first kappa shape index (κ1) is 5.75. The highest BCUT2D eigenvalue weighted by molar-refractivity contribution is 5.72. The maximum Gasteiger partial charge on any atom is 0.253 e. The van der Waals surface area contributed by atoms with E-state index in [1.807, 2.05) is 0 Å². The van der Waals surface area contributed by atoms with Crippen molar-refractivity contribution in [2.75, 3.05) is 0 Å². The number of pyridine rings is 1. The molecule has 0 aliphatic heterocycles. The van der Waals surface area contributed by atoms with Gasteiger partial charge in [0, 0.05) is 6.07 Å². The van der Waals surface area contributed by atoms with E-state index in [2.05, 4.69) is 4.98 Å². The summed E-state index contributed by atoms with van der Waals surface area (Å²) < 4.78 is 0. The Hall–Kier alpha value is -1.38. The molecule has 0 amide bonds. The Morgan fingerprint density at radius 1 is 1.56 bits per heavy atom. The second-order valence-corrected chi connectivity index (χ2v) is 1.48. The van der Waals surface area contributed by atoms with E-state index in [-0.39, 0.29) is 11.6 Å². The summed E-state index contributed by atoms with van der Waals surface area (Å²) in [4.78, 5) is 13.3. The second-order valence-electron chi connectivity index (χ2n) is 1.48. The highest BCUT2D eigenvalue weighted by atomic mass is 16.3. The van der Waals surface area contributed by atoms with Gasteiger partial charge in [-0.05, 0) is 6.07 Å². The van der Waals surface area contributed by atoms with E-state index in [0.29, 0.717) is 0 Å². The molecule has 0 atom stereocenters. The maximum atomic E-state index is 9.86. The van der Waals surface area contributed by atoms with Crippen molar-refractivity contribution < 1.29 is 9.90 Å². The Balaban J connectivity index is 3.07. The molecule has 45 valence electrons. The third-order valence-corrected chi connectivity index (χ3v) is 0.839. The summed E-state index contributed by atoms with van der Waals surface area (Å²) in [7, 11) is 0. The molecule has 0 bridgehead atoms. The molecule has 0 spiro atoms. The fraction of sp³-hybridized carbons (Fsp3) is 0. The van der Waals surface area contributed by atoms with E-state index in [9.17, 15) is 4.79 Å². The van der Waals surface area contributed by atoms with Gasteiger partial charge in [0.25, 0.3) is 6.29 Å². The van der Waals surface area contributed by atoms with E-state index in [1.165, 1.54) is 18.2 Å². The zero-order valence-corrected chi connectivity index (χ0v) is 4.53. The number of aromatic hydroxyl groups is 1. The standard InChI is InChI=1S/C6H4NO2/c8-4-5-2-1-3-6(9)7-5/h1-3H,(H,7,9). The Bertz CT molecular complexity index is 222. The Morgan fingerprint density at radius 3 is 2.78 bits per heavy atom. The average molecular weight is 122 g/mol. The average Bonchev–Trinajstić information content (AvgIpc) is 1.88. The Morgan fingerprint density at radius 2 is 2.33 bits per heavy atom. The van der Waals surface area contributed by atoms with Gasteiger partial charge >= 0.3 is 0 Å². The van der Waals surface area contributed by atoms with Crippen LogP contribution in [0.1, 0.15) is 5.69 Å². The summed E-state index contributed by atoms with van der Waals surface area (Å²) in [6.45, 7) is 0. The van der Waals surface area contributed by atoms with Gasteiger partial charge in [-0.3, -0.25) is 4.79 Å². The lowest BCUT2D eigenvalue weighted by Gasteiger charge is -1.87. The minimum absolute atomic E-state index is 0.120. The lowest BCUT2D eigenvalue weighted by atomic mass is 10.4. The summed E-state index contributed by atoms with van der Waals surface area (Å²) in [6, 6.07) is 4.39. The molecule has 3 nitrogen and oxygen atoms in total. The quantitative estimate of drug-likeness (QED) is 0.580. The maximum absolute atomic E-state index is 9.86. The molecule has 0 aliphatic rings. The first-order valence-corrected chi connectivity index (χ1v) is 2.37. The van der Waals surface area contributed by atoms with Crippen molar-refractivity contribution in [1.82, 2.24) is 4.98 Å². The largest absolute Gasteiger partial charge is 0.493 e. The van der Waals surface area contributed by atoms with Gasteiger partial charge in [0.2, 0.25) is 5.88 Å². The van der Waals surface area contributed by atoms with Crippen LogP contribution in [0.5, 0.6) is 5.88 Å². The van der Waals surface area contributed by atoms with Gasteiger partial charge in [-0.2, -0.15) is 0 Å². The van der Waals surface area contributed by atoms with Crippen molar-refractivity contribution >= 4 is 6.29 Å². The third-order valence-electron chi connectivity index (χ3n) is 0.839. The van der Waals surface area contributed by atoms with Gasteiger partial charge in [0.1, 0.15) is 5.69 Å². The molecule has 0 aromatic carbocycles. The van der Waals surface area contributed by atoms with Crippen molar-refractivity contribution in [3.05, 3.63) is 23.9 Å². The van der Waals surface area contributed by atoms with Crippen molar-refractivity contribution in [2.45, 2.75) is 0 Å². The van der Waals surface area contributed by atoms with Crippen LogP contribution in [0.25, 0.3) is 0 Å². The molecule has 1 aromatic rings. The van der Waals surface area contributed by atoms with Crippen LogP contribution in [0.15, 0.2) is 18.2 Å². The number of hydrogen-bond donors (Lipinski definition) is 1. The van der Waals surface area contributed by atoms with Gasteiger partial charge in [-0.15, -0.1) is 0 Å². The lowest BCUT2D eigenvalue weighted by molar-refractivity contribution is 0.452. The monoisotopic (exact) mass is 122 g/mol. The SMILES string of the molecule is O=[C]c1cccc(O)n1. The van der Waals surface area contributed by atoms with Crippen molar-refractivity contribution in [3.8, 4) is 5.88 Å². The summed E-state index contributed by atoms with van der Waals surface area (Å²) in [5.41, 5.74) is 0.120. The van der Waals surface area contributed by atoms with Crippen LogP contribution in [-0.2, 0) is 4.79 Å². The minimum atomic E-state index is -0.157. The van der Waals surface area contributed by atoms with Crippen LogP contribution < -0.4 is 0 Å². The summed E-state index contributed by atoms with van der Waals surface area (Å²) in [6.07, 6.45) is 1.55. The summed E-state index contributed by atoms with van der Waals surface area (Å²) in [5.74, 6) is -0.157. The molecular weight excluding hydrogens is 118 g/mol. The highest BCUT2D eigenvalue weighted by Gasteiger charge is 1.91. The number of hydrogen-bond acceptors (Lipinski definition) is 3. The number of aromatic nitrogens is 1. The summed E-state index contributed by atoms with van der Waals surface area (Å²) >= 11 is 0. The molecule has 1 rings (SSSR count). The lowest BCUT2D eigenvalue weighted by Crippen LogP contribution is -1.83. The van der Waals surface area contributed by atoms with Crippen LogP contribution in [-0.4, -0.2) is 16.4 Å². The Labute approximate surface area is 52.0 Å². The molecule has 3 heteroatoms. The van der Waals surface area contributed by atoms with Gasteiger partial charge in [0.15, 0.2) is 0 Å². The second kappa shape index (κ2) is 2.26. The van der Waals surface area contributed by atoms with Crippen LogP contribution in [0.2, 0.25) is 0 Å². The molecule has 0 aliphatic carbocycles. The van der Waals surface area contributed by atoms with Crippen molar-refractivity contribution in [1.29, 1.82) is 0 Å². The topological polar surface area (TPSA) is 50.2 Å². The van der Waals surface area contributed by atoms with Crippen molar-refractivity contribution in [3.63, 3.8) is 0 Å². The van der Waals surface area contributed by atoms with Gasteiger partial charge < -0.3 is 5.11 Å². The predicted molar refractivity (Wildman–Crippen MR) is 30.7 cm³/mol. The molecule has 0 saturated heterocycles. The zero-order chi connectivity index (χ0) is 6.69. The smallest absolute Gasteiger partial charge is 0.253 e. The summed E-state index contributed by atoms with van der Waals surface area (Å²) in [5, 5.41) is 8.65. The van der Waals surface area contributed by atoms with E-state index in [4.69, 9.17) is 5.11 Å². The number of carbonyl (C=O) groups excluding carboxylic acids is 1. The molecule has 0 unspecified atom stereocenters. The van der Waals surface area contributed by atoms with E-state index < -0.39 is 0 Å².